The second-order valence-corrected chi connectivity index (χ2v) is 4.37. The number of aromatic amines is 2. The molecule has 1 aromatic heterocycles. The minimum atomic E-state index is -0.828. The van der Waals surface area contributed by atoms with Gasteiger partial charge in [0.2, 0.25) is 0 Å². The molecule has 1 unspecified atom stereocenters. The summed E-state index contributed by atoms with van der Waals surface area (Å²) in [6.07, 6.45) is 0.0677. The molecule has 0 aliphatic rings. The Hall–Kier alpha value is -2.24. The van der Waals surface area contributed by atoms with E-state index in [1.807, 2.05) is 31.0 Å². The molecule has 0 spiro atoms. The molecular weight excluding hydrogens is 234 g/mol. The van der Waals surface area contributed by atoms with Crippen molar-refractivity contribution in [3.05, 3.63) is 28.7 Å². The molecule has 96 valence electrons. The number of nitrogens with one attached hydrogen (secondary N) is 2. The van der Waals surface area contributed by atoms with Gasteiger partial charge in [0, 0.05) is 18.8 Å². The van der Waals surface area contributed by atoms with Gasteiger partial charge >= 0.3 is 11.7 Å². The quantitative estimate of drug-likeness (QED) is 0.758. The van der Waals surface area contributed by atoms with E-state index in [0.717, 1.165) is 11.2 Å². The van der Waals surface area contributed by atoms with Crippen LogP contribution in [-0.2, 0) is 4.79 Å². The van der Waals surface area contributed by atoms with Crippen molar-refractivity contribution >= 4 is 22.7 Å². The number of carboxylic acid groups (broad SMARTS) is 1. The van der Waals surface area contributed by atoms with Gasteiger partial charge in [-0.1, -0.05) is 0 Å². The van der Waals surface area contributed by atoms with Gasteiger partial charge in [0.25, 0.3) is 0 Å². The van der Waals surface area contributed by atoms with Gasteiger partial charge in [-0.2, -0.15) is 0 Å². The van der Waals surface area contributed by atoms with E-state index < -0.39 is 5.97 Å². The number of hydrogen-bond donors (Lipinski definition) is 3. The maximum Gasteiger partial charge on any atom is 0.323 e. The number of benzene rings is 1. The maximum absolute atomic E-state index is 11.1. The van der Waals surface area contributed by atoms with Crippen molar-refractivity contribution in [1.82, 2.24) is 9.97 Å². The molecule has 3 N–H and O–H groups in total. The molecule has 1 atom stereocenters. The molecule has 0 bridgehead atoms. The summed E-state index contributed by atoms with van der Waals surface area (Å²) in [5.41, 5.74) is 2.07. The van der Waals surface area contributed by atoms with Gasteiger partial charge in [-0.05, 0) is 25.1 Å². The summed E-state index contributed by atoms with van der Waals surface area (Å²) < 4.78 is 0. The Labute approximate surface area is 103 Å². The van der Waals surface area contributed by atoms with E-state index >= 15 is 0 Å². The number of H-pyrrole nitrogens is 2. The average Bonchev–Trinajstić information content (AvgIpc) is 2.65. The summed E-state index contributed by atoms with van der Waals surface area (Å²) in [6, 6.07) is 5.36. The monoisotopic (exact) mass is 249 g/mol. The van der Waals surface area contributed by atoms with Crippen molar-refractivity contribution in [1.29, 1.82) is 0 Å². The molecule has 0 saturated carbocycles. The van der Waals surface area contributed by atoms with Gasteiger partial charge in [-0.3, -0.25) is 4.79 Å². The SMILES string of the molecule is CC(CC(=O)O)N(C)c1ccc2[nH]c(=O)[nH]c2c1. The van der Waals surface area contributed by atoms with Crippen LogP contribution in [0.4, 0.5) is 5.69 Å². The number of nitrogens with zero attached hydrogens (tertiary/aromatic N) is 1. The van der Waals surface area contributed by atoms with Crippen LogP contribution in [0.5, 0.6) is 0 Å². The van der Waals surface area contributed by atoms with Crippen LogP contribution < -0.4 is 10.6 Å². The summed E-state index contributed by atoms with van der Waals surface area (Å²) in [5.74, 6) is -0.828. The molecule has 1 aromatic carbocycles. The van der Waals surface area contributed by atoms with Crippen molar-refractivity contribution in [3.63, 3.8) is 0 Å². The normalized spacial score (nSPS) is 12.6. The molecule has 0 fully saturated rings. The van der Waals surface area contributed by atoms with Gasteiger partial charge in [-0.15, -0.1) is 0 Å². The third kappa shape index (κ3) is 2.37. The fourth-order valence-corrected chi connectivity index (χ4v) is 1.88. The number of aromatic nitrogens is 2. The number of carbonyl (C=O) groups is 1. The lowest BCUT2D eigenvalue weighted by atomic mass is 10.2. The number of carboxylic acids is 1. The first-order valence-electron chi connectivity index (χ1n) is 5.64. The van der Waals surface area contributed by atoms with Gasteiger partial charge in [0.05, 0.1) is 17.5 Å². The predicted octanol–water partition coefficient (Wildman–Crippen LogP) is 1.16. The Balaban J connectivity index is 2.29. The lowest BCUT2D eigenvalue weighted by Crippen LogP contribution is -2.30. The van der Waals surface area contributed by atoms with Crippen LogP contribution in [0.15, 0.2) is 23.0 Å². The molecule has 0 amide bonds. The zero-order valence-corrected chi connectivity index (χ0v) is 10.2. The van der Waals surface area contributed by atoms with Gasteiger partial charge < -0.3 is 20.0 Å². The summed E-state index contributed by atoms with van der Waals surface area (Å²) in [6.45, 7) is 1.85. The first kappa shape index (κ1) is 12.2. The van der Waals surface area contributed by atoms with Crippen molar-refractivity contribution in [2.75, 3.05) is 11.9 Å². The van der Waals surface area contributed by atoms with E-state index in [0.29, 0.717) is 5.52 Å². The molecule has 0 aliphatic carbocycles. The molecule has 2 aromatic rings. The van der Waals surface area contributed by atoms with Crippen molar-refractivity contribution in [3.8, 4) is 0 Å². The van der Waals surface area contributed by atoms with E-state index in [9.17, 15) is 9.59 Å². The number of fused-ring (bicyclic) bond motifs is 1. The van der Waals surface area contributed by atoms with Crippen molar-refractivity contribution < 1.29 is 9.90 Å². The van der Waals surface area contributed by atoms with Crippen LogP contribution in [0.1, 0.15) is 13.3 Å². The van der Waals surface area contributed by atoms with Crippen LogP contribution in [0, 0.1) is 0 Å². The van der Waals surface area contributed by atoms with Crippen LogP contribution in [-0.4, -0.2) is 34.1 Å². The minimum absolute atomic E-state index is 0.0677. The summed E-state index contributed by atoms with van der Waals surface area (Å²) >= 11 is 0. The first-order chi connectivity index (χ1) is 8.47. The van der Waals surface area contributed by atoms with Crippen LogP contribution in [0.3, 0.4) is 0 Å². The zero-order chi connectivity index (χ0) is 13.3. The van der Waals surface area contributed by atoms with Crippen LogP contribution >= 0.6 is 0 Å². The molecule has 2 rings (SSSR count). The first-order valence-corrected chi connectivity index (χ1v) is 5.64. The molecule has 18 heavy (non-hydrogen) atoms. The Bertz CT molecular complexity index is 629. The van der Waals surface area contributed by atoms with E-state index in [4.69, 9.17) is 5.11 Å². The van der Waals surface area contributed by atoms with Crippen LogP contribution in [0.2, 0.25) is 0 Å². The third-order valence-corrected chi connectivity index (χ3v) is 3.04. The molecule has 1 heterocycles. The topological polar surface area (TPSA) is 89.2 Å². The lowest BCUT2D eigenvalue weighted by Gasteiger charge is -2.25. The largest absolute Gasteiger partial charge is 0.481 e. The number of hydrogen-bond acceptors (Lipinski definition) is 3. The maximum atomic E-state index is 11.1. The Morgan fingerprint density at radius 3 is 2.72 bits per heavy atom. The number of aliphatic carboxylic acids is 1. The van der Waals surface area contributed by atoms with Crippen LogP contribution in [0.25, 0.3) is 11.0 Å². The second-order valence-electron chi connectivity index (χ2n) is 4.37. The molecule has 0 aliphatic heterocycles. The zero-order valence-electron chi connectivity index (χ0n) is 10.2. The number of anilines is 1. The van der Waals surface area contributed by atoms with E-state index in [2.05, 4.69) is 9.97 Å². The Kier molecular flexibility index (Phi) is 3.10. The third-order valence-electron chi connectivity index (χ3n) is 3.04. The van der Waals surface area contributed by atoms with E-state index in [-0.39, 0.29) is 18.2 Å². The standard InChI is InChI=1S/C12H15N3O3/c1-7(5-11(16)17)15(2)8-3-4-9-10(6-8)14-12(18)13-9/h3-4,6-7H,5H2,1-2H3,(H,16,17)(H2,13,14,18). The lowest BCUT2D eigenvalue weighted by molar-refractivity contribution is -0.137. The highest BCUT2D eigenvalue weighted by Gasteiger charge is 2.14. The summed E-state index contributed by atoms with van der Waals surface area (Å²) in [7, 11) is 1.83. The number of rotatable bonds is 4. The average molecular weight is 249 g/mol. The fourth-order valence-electron chi connectivity index (χ4n) is 1.88. The molecule has 0 radical (unpaired) electrons. The minimum Gasteiger partial charge on any atom is -0.481 e. The highest BCUT2D eigenvalue weighted by molar-refractivity contribution is 5.79. The predicted molar refractivity (Wildman–Crippen MR) is 69.0 cm³/mol. The van der Waals surface area contributed by atoms with E-state index in [1.165, 1.54) is 0 Å². The smallest absolute Gasteiger partial charge is 0.323 e. The summed E-state index contributed by atoms with van der Waals surface area (Å²) in [4.78, 5) is 29.0. The van der Waals surface area contributed by atoms with E-state index in [1.54, 1.807) is 6.07 Å². The number of imidazole rings is 1. The van der Waals surface area contributed by atoms with Gasteiger partial charge in [0.1, 0.15) is 0 Å². The van der Waals surface area contributed by atoms with Gasteiger partial charge in [-0.25, -0.2) is 4.79 Å². The molecule has 0 saturated heterocycles. The molecular formula is C12H15N3O3. The summed E-state index contributed by atoms with van der Waals surface area (Å²) in [5, 5.41) is 8.78. The fraction of sp³-hybridized carbons (Fsp3) is 0.333. The second kappa shape index (κ2) is 4.56. The van der Waals surface area contributed by atoms with Crippen molar-refractivity contribution in [2.45, 2.75) is 19.4 Å². The Morgan fingerprint density at radius 2 is 2.06 bits per heavy atom. The highest BCUT2D eigenvalue weighted by Crippen LogP contribution is 2.20. The van der Waals surface area contributed by atoms with Gasteiger partial charge in [0.15, 0.2) is 0 Å². The molecule has 6 nitrogen and oxygen atoms in total. The highest BCUT2D eigenvalue weighted by atomic mass is 16.4. The van der Waals surface area contributed by atoms with Crippen molar-refractivity contribution in [2.24, 2.45) is 0 Å². The molecule has 6 heteroatoms. The Morgan fingerprint density at radius 1 is 1.39 bits per heavy atom.